The van der Waals surface area contributed by atoms with Crippen LogP contribution in [0.25, 0.3) is 5.69 Å². The van der Waals surface area contributed by atoms with Crippen LogP contribution >= 0.6 is 23.2 Å². The molecule has 146 valence electrons. The van der Waals surface area contributed by atoms with Crippen molar-refractivity contribution >= 4 is 34.8 Å². The molecule has 7 heteroatoms. The molecule has 0 spiro atoms. The van der Waals surface area contributed by atoms with Crippen molar-refractivity contribution in [3.8, 4) is 17.4 Å². The van der Waals surface area contributed by atoms with Gasteiger partial charge in [0.05, 0.1) is 16.4 Å². The molecule has 2 aromatic carbocycles. The van der Waals surface area contributed by atoms with E-state index in [1.807, 2.05) is 0 Å². The number of halogens is 2. The average Bonchev–Trinajstić information content (AvgIpc) is 3.38. The maximum Gasteiger partial charge on any atom is 0.255 e. The number of anilines is 1. The lowest BCUT2D eigenvalue weighted by molar-refractivity contribution is 0.102. The van der Waals surface area contributed by atoms with Gasteiger partial charge < -0.3 is 15.5 Å². The van der Waals surface area contributed by atoms with Gasteiger partial charge >= 0.3 is 0 Å². The summed E-state index contributed by atoms with van der Waals surface area (Å²) >= 11 is 12.0. The molecule has 3 N–H and O–H groups in total. The summed E-state index contributed by atoms with van der Waals surface area (Å²) in [6.45, 7) is 0. The van der Waals surface area contributed by atoms with Gasteiger partial charge in [0.15, 0.2) is 0 Å². The van der Waals surface area contributed by atoms with Crippen LogP contribution in [0, 0.1) is 0 Å². The molecule has 0 saturated heterocycles. The molecule has 5 rings (SSSR count). The monoisotopic (exact) mass is 426 g/mol. The highest BCUT2D eigenvalue weighted by atomic mass is 35.5. The SMILES string of the molecule is O=C(Nc1ccc(Cl)cc1Cl)c1ccc(-n2c(O)c3c(c2O)[C@H]2C=C[C@@H]3C2)cc1. The van der Waals surface area contributed by atoms with Crippen molar-refractivity contribution in [3.05, 3.63) is 81.4 Å². The first kappa shape index (κ1) is 18.2. The predicted molar refractivity (Wildman–Crippen MR) is 113 cm³/mol. The molecule has 0 unspecified atom stereocenters. The first-order valence-electron chi connectivity index (χ1n) is 9.15. The number of fused-ring (bicyclic) bond motifs is 5. The van der Waals surface area contributed by atoms with Gasteiger partial charge in [-0.3, -0.25) is 9.36 Å². The fourth-order valence-electron chi connectivity index (χ4n) is 4.23. The molecule has 2 aliphatic carbocycles. The molecule has 0 saturated carbocycles. The van der Waals surface area contributed by atoms with E-state index in [9.17, 15) is 15.0 Å². The Bertz CT molecular complexity index is 1150. The van der Waals surface area contributed by atoms with Gasteiger partial charge in [-0.1, -0.05) is 35.4 Å². The number of nitrogens with one attached hydrogen (secondary N) is 1. The quantitative estimate of drug-likeness (QED) is 0.477. The molecule has 1 amide bonds. The van der Waals surface area contributed by atoms with Crippen LogP contribution in [-0.4, -0.2) is 20.7 Å². The fourth-order valence-corrected chi connectivity index (χ4v) is 4.69. The number of aromatic hydroxyl groups is 2. The summed E-state index contributed by atoms with van der Waals surface area (Å²) in [5.41, 5.74) is 3.06. The van der Waals surface area contributed by atoms with Gasteiger partial charge in [0.2, 0.25) is 11.8 Å². The highest BCUT2D eigenvalue weighted by Gasteiger charge is 2.41. The van der Waals surface area contributed by atoms with Gasteiger partial charge in [0.1, 0.15) is 0 Å². The minimum Gasteiger partial charge on any atom is -0.494 e. The Hall–Kier alpha value is -2.89. The van der Waals surface area contributed by atoms with Crippen molar-refractivity contribution in [3.63, 3.8) is 0 Å². The number of rotatable bonds is 3. The highest BCUT2D eigenvalue weighted by Crippen LogP contribution is 2.57. The van der Waals surface area contributed by atoms with Crippen molar-refractivity contribution in [2.45, 2.75) is 18.3 Å². The Morgan fingerprint density at radius 1 is 0.966 bits per heavy atom. The van der Waals surface area contributed by atoms with Crippen LogP contribution < -0.4 is 5.32 Å². The largest absolute Gasteiger partial charge is 0.494 e. The Labute approximate surface area is 176 Å². The van der Waals surface area contributed by atoms with E-state index in [0.29, 0.717) is 27.0 Å². The topological polar surface area (TPSA) is 74.5 Å². The zero-order valence-electron chi connectivity index (χ0n) is 15.1. The van der Waals surface area contributed by atoms with Crippen LogP contribution in [0.4, 0.5) is 5.69 Å². The molecule has 1 aromatic heterocycles. The predicted octanol–water partition coefficient (Wildman–Crippen LogP) is 5.59. The number of hydrogen-bond donors (Lipinski definition) is 3. The maximum atomic E-state index is 12.5. The Kier molecular flexibility index (Phi) is 4.12. The molecular formula is C22H16Cl2N2O3. The number of nitrogens with zero attached hydrogens (tertiary/aromatic N) is 1. The number of carbonyl (C=O) groups excluding carboxylic acids is 1. The minimum atomic E-state index is -0.327. The van der Waals surface area contributed by atoms with E-state index in [-0.39, 0.29) is 29.5 Å². The lowest BCUT2D eigenvalue weighted by Gasteiger charge is -2.11. The molecule has 5 nitrogen and oxygen atoms in total. The molecule has 0 aliphatic heterocycles. The lowest BCUT2D eigenvalue weighted by Crippen LogP contribution is -2.12. The maximum absolute atomic E-state index is 12.5. The number of allylic oxidation sites excluding steroid dienone is 2. The van der Waals surface area contributed by atoms with Crippen molar-refractivity contribution in [2.24, 2.45) is 0 Å². The van der Waals surface area contributed by atoms with E-state index >= 15 is 0 Å². The summed E-state index contributed by atoms with van der Waals surface area (Å²) in [5, 5.41) is 25.0. The van der Waals surface area contributed by atoms with E-state index in [1.165, 1.54) is 4.57 Å². The highest BCUT2D eigenvalue weighted by molar-refractivity contribution is 6.36. The number of aromatic nitrogens is 1. The number of hydrogen-bond acceptors (Lipinski definition) is 3. The molecular weight excluding hydrogens is 411 g/mol. The number of amides is 1. The van der Waals surface area contributed by atoms with Crippen LogP contribution in [0.5, 0.6) is 11.8 Å². The van der Waals surface area contributed by atoms with Gasteiger partial charge in [-0.15, -0.1) is 0 Å². The first-order valence-corrected chi connectivity index (χ1v) is 9.91. The number of carbonyl (C=O) groups is 1. The first-order chi connectivity index (χ1) is 13.9. The van der Waals surface area contributed by atoms with Crippen LogP contribution in [0.3, 0.4) is 0 Å². The van der Waals surface area contributed by atoms with Gasteiger partial charge in [0.25, 0.3) is 5.91 Å². The third-order valence-corrected chi connectivity index (χ3v) is 6.14. The zero-order valence-corrected chi connectivity index (χ0v) is 16.6. The van der Waals surface area contributed by atoms with E-state index in [1.54, 1.807) is 42.5 Å². The van der Waals surface area contributed by atoms with Gasteiger partial charge in [-0.2, -0.15) is 0 Å². The molecule has 3 aromatic rings. The van der Waals surface area contributed by atoms with Crippen LogP contribution in [0.1, 0.15) is 39.7 Å². The van der Waals surface area contributed by atoms with Crippen LogP contribution in [0.2, 0.25) is 10.0 Å². The van der Waals surface area contributed by atoms with E-state index in [2.05, 4.69) is 17.5 Å². The third-order valence-electron chi connectivity index (χ3n) is 5.59. The summed E-state index contributed by atoms with van der Waals surface area (Å²) in [6.07, 6.45) is 5.05. The smallest absolute Gasteiger partial charge is 0.255 e. The van der Waals surface area contributed by atoms with Crippen molar-refractivity contribution in [1.82, 2.24) is 4.57 Å². The zero-order chi connectivity index (χ0) is 20.3. The summed E-state index contributed by atoms with van der Waals surface area (Å²) in [4.78, 5) is 12.5. The van der Waals surface area contributed by atoms with Crippen molar-refractivity contribution in [1.29, 1.82) is 0 Å². The molecule has 2 bridgehead atoms. The minimum absolute atomic E-state index is 0.0551. The number of benzene rings is 2. The van der Waals surface area contributed by atoms with Crippen LogP contribution in [-0.2, 0) is 0 Å². The third kappa shape index (κ3) is 2.81. The Morgan fingerprint density at radius 3 is 2.17 bits per heavy atom. The molecule has 2 aliphatic rings. The lowest BCUT2D eigenvalue weighted by atomic mass is 10.0. The molecule has 1 heterocycles. The van der Waals surface area contributed by atoms with E-state index in [0.717, 1.165) is 17.5 Å². The van der Waals surface area contributed by atoms with E-state index < -0.39 is 0 Å². The summed E-state index contributed by atoms with van der Waals surface area (Å²) in [5.74, 6) is 0.0816. The second kappa shape index (κ2) is 6.58. The van der Waals surface area contributed by atoms with Crippen molar-refractivity contribution in [2.75, 3.05) is 5.32 Å². The van der Waals surface area contributed by atoms with Crippen LogP contribution in [0.15, 0.2) is 54.6 Å². The van der Waals surface area contributed by atoms with E-state index in [4.69, 9.17) is 23.2 Å². The summed E-state index contributed by atoms with van der Waals surface area (Å²) in [6, 6.07) is 11.5. The fraction of sp³-hybridized carbons (Fsp3) is 0.136. The summed E-state index contributed by atoms with van der Waals surface area (Å²) in [7, 11) is 0. The standard InChI is InChI=1S/C22H16Cl2N2O3/c23-14-5-8-17(16(24)10-14)25-20(27)11-3-6-15(7-4-11)26-21(28)18-12-1-2-13(9-12)19(18)22(26)29/h1-8,10,12-13,28-29H,9H2,(H,25,27)/t12-,13+. The van der Waals surface area contributed by atoms with Gasteiger partial charge in [0, 0.05) is 33.5 Å². The van der Waals surface area contributed by atoms with Crippen molar-refractivity contribution < 1.29 is 15.0 Å². The Morgan fingerprint density at radius 2 is 1.59 bits per heavy atom. The second-order valence-electron chi connectivity index (χ2n) is 7.27. The van der Waals surface area contributed by atoms with Gasteiger partial charge in [-0.05, 0) is 48.9 Å². The summed E-state index contributed by atoms with van der Waals surface area (Å²) < 4.78 is 1.43. The molecule has 0 radical (unpaired) electrons. The average molecular weight is 427 g/mol. The molecule has 0 fully saturated rings. The molecule has 29 heavy (non-hydrogen) atoms. The normalized spacial score (nSPS) is 18.8. The Balaban J connectivity index is 1.42. The molecule has 2 atom stereocenters. The second-order valence-corrected chi connectivity index (χ2v) is 8.11. The van der Waals surface area contributed by atoms with Gasteiger partial charge in [-0.25, -0.2) is 0 Å².